The Morgan fingerprint density at radius 3 is 2.58 bits per heavy atom. The van der Waals surface area contributed by atoms with E-state index >= 15 is 0 Å². The van der Waals surface area contributed by atoms with Crippen LogP contribution in [0.3, 0.4) is 0 Å². The lowest BCUT2D eigenvalue weighted by Gasteiger charge is -2.05. The number of H-pyrrole nitrogens is 1. The van der Waals surface area contributed by atoms with Crippen molar-refractivity contribution in [2.75, 3.05) is 7.11 Å². The maximum Gasteiger partial charge on any atom is 0.354 e. The number of carbonyl (C=O) groups excluding carboxylic acids is 4. The van der Waals surface area contributed by atoms with Crippen LogP contribution in [0.25, 0.3) is 0 Å². The normalized spacial score (nSPS) is 10.3. The van der Waals surface area contributed by atoms with E-state index in [9.17, 15) is 19.2 Å². The predicted molar refractivity (Wildman–Crippen MR) is 91.6 cm³/mol. The van der Waals surface area contributed by atoms with Gasteiger partial charge in [-0.15, -0.1) is 0 Å². The van der Waals surface area contributed by atoms with Gasteiger partial charge in [0, 0.05) is 30.2 Å². The van der Waals surface area contributed by atoms with Crippen LogP contribution in [0.4, 0.5) is 0 Å². The molecule has 0 aromatic carbocycles. The molecule has 0 spiro atoms. The topological polar surface area (TPSA) is 118 Å². The summed E-state index contributed by atoms with van der Waals surface area (Å²) >= 11 is 0. The lowest BCUT2D eigenvalue weighted by molar-refractivity contribution is -0.137. The van der Waals surface area contributed by atoms with Crippen LogP contribution in [0.15, 0.2) is 24.5 Å². The molecule has 136 valence electrons. The summed E-state index contributed by atoms with van der Waals surface area (Å²) in [6.07, 6.45) is 2.58. The molecule has 0 atom stereocenters. The zero-order valence-corrected chi connectivity index (χ0v) is 14.7. The smallest absolute Gasteiger partial charge is 0.354 e. The summed E-state index contributed by atoms with van der Waals surface area (Å²) in [5.74, 6) is -2.84. The number of amides is 1. The van der Waals surface area contributed by atoms with Crippen LogP contribution in [-0.4, -0.2) is 40.5 Å². The zero-order chi connectivity index (χ0) is 19.3. The third-order valence-electron chi connectivity index (χ3n) is 3.86. The van der Waals surface area contributed by atoms with E-state index in [1.54, 1.807) is 38.4 Å². The molecule has 0 unspecified atom stereocenters. The molecule has 0 aliphatic heterocycles. The second kappa shape index (κ2) is 8.19. The molecule has 0 saturated carbocycles. The molecule has 0 bridgehead atoms. The monoisotopic (exact) mass is 357 g/mol. The molecule has 0 aliphatic rings. The first-order valence-corrected chi connectivity index (χ1v) is 7.85. The number of nitrogens with zero attached hydrogens (tertiary/aromatic N) is 1. The molecule has 2 rings (SSSR count). The van der Waals surface area contributed by atoms with Crippen molar-refractivity contribution in [1.29, 1.82) is 0 Å². The van der Waals surface area contributed by atoms with Gasteiger partial charge in [0.15, 0.2) is 5.78 Å². The molecule has 0 radical (unpaired) electrons. The standard InChI is InChI=1S/C18H19N3O5/c1-10-15(11(2)21-16(10)18(25)26-3)13(22)7-14(23)17(24)20-9-12-5-4-6-19-8-12/h4-6,8,21H,7,9H2,1-3H3,(H,20,24). The number of aromatic amines is 1. The van der Waals surface area contributed by atoms with Gasteiger partial charge in [-0.05, 0) is 31.0 Å². The van der Waals surface area contributed by atoms with Crippen LogP contribution < -0.4 is 5.32 Å². The molecule has 26 heavy (non-hydrogen) atoms. The van der Waals surface area contributed by atoms with E-state index in [-0.39, 0.29) is 17.8 Å². The highest BCUT2D eigenvalue weighted by molar-refractivity contribution is 6.40. The zero-order valence-electron chi connectivity index (χ0n) is 14.7. The Labute approximate surface area is 150 Å². The largest absolute Gasteiger partial charge is 0.464 e. The van der Waals surface area contributed by atoms with Gasteiger partial charge < -0.3 is 15.0 Å². The molecular formula is C18H19N3O5. The van der Waals surface area contributed by atoms with Crippen LogP contribution in [-0.2, 0) is 20.9 Å². The molecule has 8 nitrogen and oxygen atoms in total. The van der Waals surface area contributed by atoms with Gasteiger partial charge in [-0.25, -0.2) is 4.79 Å². The van der Waals surface area contributed by atoms with Crippen LogP contribution in [0.2, 0.25) is 0 Å². The Balaban J connectivity index is 2.03. The summed E-state index contributed by atoms with van der Waals surface area (Å²) in [6, 6.07) is 3.47. The summed E-state index contributed by atoms with van der Waals surface area (Å²) in [5, 5.41) is 2.45. The molecule has 2 aromatic heterocycles. The fourth-order valence-electron chi connectivity index (χ4n) is 2.57. The molecule has 0 aliphatic carbocycles. The number of hydrogen-bond donors (Lipinski definition) is 2. The first kappa shape index (κ1) is 19.0. The highest BCUT2D eigenvalue weighted by Gasteiger charge is 2.25. The summed E-state index contributed by atoms with van der Waals surface area (Å²) < 4.78 is 4.64. The Hall–Kier alpha value is -3.29. The number of ether oxygens (including phenoxy) is 1. The fraction of sp³-hybridized carbons (Fsp3) is 0.278. The summed E-state index contributed by atoms with van der Waals surface area (Å²) in [7, 11) is 1.23. The number of Topliss-reactive ketones (excluding diaryl/α,β-unsaturated/α-hetero) is 2. The van der Waals surface area contributed by atoms with Crippen LogP contribution >= 0.6 is 0 Å². The minimum Gasteiger partial charge on any atom is -0.464 e. The number of ketones is 2. The Kier molecular flexibility index (Phi) is 6.00. The van der Waals surface area contributed by atoms with Crippen molar-refractivity contribution in [3.8, 4) is 0 Å². The average molecular weight is 357 g/mol. The van der Waals surface area contributed by atoms with E-state index in [0.29, 0.717) is 11.3 Å². The number of aromatic nitrogens is 2. The molecule has 2 N–H and O–H groups in total. The van der Waals surface area contributed by atoms with Gasteiger partial charge in [-0.3, -0.25) is 19.4 Å². The van der Waals surface area contributed by atoms with Gasteiger partial charge in [-0.2, -0.15) is 0 Å². The third kappa shape index (κ3) is 4.21. The molecular weight excluding hydrogens is 338 g/mol. The minimum atomic E-state index is -0.849. The number of aryl methyl sites for hydroxylation is 1. The molecule has 2 heterocycles. The molecule has 1 amide bonds. The van der Waals surface area contributed by atoms with Crippen molar-refractivity contribution >= 4 is 23.4 Å². The maximum absolute atomic E-state index is 12.4. The molecule has 0 fully saturated rings. The summed E-state index contributed by atoms with van der Waals surface area (Å²) in [5.41, 5.74) is 1.94. The van der Waals surface area contributed by atoms with Crippen molar-refractivity contribution in [2.45, 2.75) is 26.8 Å². The fourth-order valence-corrected chi connectivity index (χ4v) is 2.57. The second-order valence-corrected chi connectivity index (χ2v) is 5.68. The van der Waals surface area contributed by atoms with Gasteiger partial charge in [0.05, 0.1) is 13.5 Å². The minimum absolute atomic E-state index is 0.140. The van der Waals surface area contributed by atoms with E-state index < -0.39 is 29.9 Å². The van der Waals surface area contributed by atoms with Gasteiger partial charge in [0.1, 0.15) is 5.69 Å². The van der Waals surface area contributed by atoms with Crippen LogP contribution in [0.5, 0.6) is 0 Å². The summed E-state index contributed by atoms with van der Waals surface area (Å²) in [6.45, 7) is 3.33. The average Bonchev–Trinajstić information content (AvgIpc) is 2.94. The van der Waals surface area contributed by atoms with E-state index in [0.717, 1.165) is 5.56 Å². The lowest BCUT2D eigenvalue weighted by Crippen LogP contribution is -2.32. The van der Waals surface area contributed by atoms with Crippen molar-refractivity contribution in [3.05, 3.63) is 52.6 Å². The van der Waals surface area contributed by atoms with Crippen molar-refractivity contribution in [2.24, 2.45) is 0 Å². The van der Waals surface area contributed by atoms with E-state index in [4.69, 9.17) is 0 Å². The Bertz CT molecular complexity index is 855. The second-order valence-electron chi connectivity index (χ2n) is 5.68. The van der Waals surface area contributed by atoms with Gasteiger partial charge in [-0.1, -0.05) is 6.07 Å². The Morgan fingerprint density at radius 1 is 1.23 bits per heavy atom. The number of esters is 1. The number of carbonyl (C=O) groups is 4. The quantitative estimate of drug-likeness (QED) is 0.333. The highest BCUT2D eigenvalue weighted by Crippen LogP contribution is 2.20. The molecule has 2 aromatic rings. The predicted octanol–water partition coefficient (Wildman–Crippen LogP) is 1.27. The molecule has 8 heteroatoms. The van der Waals surface area contributed by atoms with Gasteiger partial charge in [0.2, 0.25) is 5.78 Å². The lowest BCUT2D eigenvalue weighted by atomic mass is 10.0. The number of hydrogen-bond acceptors (Lipinski definition) is 6. The van der Waals surface area contributed by atoms with Crippen molar-refractivity contribution in [1.82, 2.24) is 15.3 Å². The highest BCUT2D eigenvalue weighted by atomic mass is 16.5. The first-order chi connectivity index (χ1) is 12.3. The van der Waals surface area contributed by atoms with Gasteiger partial charge >= 0.3 is 5.97 Å². The Morgan fingerprint density at radius 2 is 1.96 bits per heavy atom. The summed E-state index contributed by atoms with van der Waals surface area (Å²) in [4.78, 5) is 54.7. The van der Waals surface area contributed by atoms with Crippen LogP contribution in [0, 0.1) is 13.8 Å². The first-order valence-electron chi connectivity index (χ1n) is 7.85. The number of methoxy groups -OCH3 is 1. The van der Waals surface area contributed by atoms with E-state index in [1.807, 2.05) is 0 Å². The van der Waals surface area contributed by atoms with Crippen molar-refractivity contribution < 1.29 is 23.9 Å². The van der Waals surface area contributed by atoms with E-state index in [1.165, 1.54) is 7.11 Å². The number of nitrogens with one attached hydrogen (secondary N) is 2. The maximum atomic E-state index is 12.4. The van der Waals surface area contributed by atoms with Crippen molar-refractivity contribution in [3.63, 3.8) is 0 Å². The SMILES string of the molecule is COC(=O)c1[nH]c(C)c(C(=O)CC(=O)C(=O)NCc2cccnc2)c1C. The van der Waals surface area contributed by atoms with E-state index in [2.05, 4.69) is 20.0 Å². The van der Waals surface area contributed by atoms with Gasteiger partial charge in [0.25, 0.3) is 5.91 Å². The number of pyridine rings is 1. The van der Waals surface area contributed by atoms with Crippen LogP contribution in [0.1, 0.15) is 44.1 Å². The molecule has 0 saturated heterocycles. The number of rotatable bonds is 7. The third-order valence-corrected chi connectivity index (χ3v) is 3.86.